The lowest BCUT2D eigenvalue weighted by molar-refractivity contribution is -0.120. The molecule has 0 unspecified atom stereocenters. The van der Waals surface area contributed by atoms with Crippen LogP contribution in [0.2, 0.25) is 0 Å². The maximum atomic E-state index is 13.0. The van der Waals surface area contributed by atoms with Gasteiger partial charge in [-0.1, -0.05) is 61.0 Å². The van der Waals surface area contributed by atoms with Crippen molar-refractivity contribution in [2.45, 2.75) is 20.3 Å². The third kappa shape index (κ3) is 4.38. The van der Waals surface area contributed by atoms with Crippen LogP contribution in [0.1, 0.15) is 28.4 Å². The summed E-state index contributed by atoms with van der Waals surface area (Å²) in [6.45, 7) is 3.83. The Balaban J connectivity index is 1.56. The number of nitrogens with one attached hydrogen (secondary N) is 2. The van der Waals surface area contributed by atoms with Crippen LogP contribution in [0, 0.1) is 6.92 Å². The lowest BCUT2D eigenvalue weighted by atomic mass is 10.1. The first kappa shape index (κ1) is 22.3. The Bertz CT molecular complexity index is 1300. The van der Waals surface area contributed by atoms with Crippen molar-refractivity contribution in [2.75, 3.05) is 15.5 Å². The molecular weight excluding hydrogens is 438 g/mol. The third-order valence-electron chi connectivity index (χ3n) is 5.42. The number of hydrogen-bond donors (Lipinski definition) is 2. The number of carbonyl (C=O) groups is 3. The van der Waals surface area contributed by atoms with Crippen LogP contribution in [0.5, 0.6) is 0 Å². The van der Waals surface area contributed by atoms with Crippen LogP contribution in [0.4, 0.5) is 17.1 Å². The van der Waals surface area contributed by atoms with Crippen LogP contribution in [0.25, 0.3) is 0 Å². The van der Waals surface area contributed by atoms with Crippen LogP contribution < -0.4 is 15.5 Å². The first-order valence-corrected chi connectivity index (χ1v) is 10.9. The molecule has 1 aliphatic heterocycles. The molecule has 0 spiro atoms. The Morgan fingerprint density at radius 3 is 2.42 bits per heavy atom. The van der Waals surface area contributed by atoms with E-state index in [1.807, 2.05) is 50.2 Å². The van der Waals surface area contributed by atoms with E-state index in [0.717, 1.165) is 28.1 Å². The number of aryl methyl sites for hydroxylation is 2. The Labute approximate surface area is 196 Å². The Morgan fingerprint density at radius 2 is 1.67 bits per heavy atom. The molecule has 0 saturated heterocycles. The van der Waals surface area contributed by atoms with Crippen molar-refractivity contribution in [3.8, 4) is 0 Å². The summed E-state index contributed by atoms with van der Waals surface area (Å²) in [5, 5.41) is 5.65. The number of benzene rings is 3. The van der Waals surface area contributed by atoms with Gasteiger partial charge in [-0.3, -0.25) is 14.4 Å². The highest BCUT2D eigenvalue weighted by Crippen LogP contribution is 2.32. The lowest BCUT2D eigenvalue weighted by Gasteiger charge is -2.17. The monoisotopic (exact) mass is 459 g/mol. The average Bonchev–Trinajstić information content (AvgIpc) is 3.03. The largest absolute Gasteiger partial charge is 0.350 e. The van der Waals surface area contributed by atoms with Crippen molar-refractivity contribution in [2.24, 2.45) is 0 Å². The van der Waals surface area contributed by atoms with Gasteiger partial charge in [0, 0.05) is 16.9 Å². The average molecular weight is 460 g/mol. The van der Waals surface area contributed by atoms with E-state index in [1.165, 1.54) is 0 Å². The van der Waals surface area contributed by atoms with Crippen LogP contribution in [-0.2, 0) is 16.0 Å². The molecule has 0 radical (unpaired) electrons. The number of imide groups is 1. The summed E-state index contributed by atoms with van der Waals surface area (Å²) in [6.07, 6.45) is 0.790. The molecule has 0 atom stereocenters. The summed E-state index contributed by atoms with van der Waals surface area (Å²) < 4.78 is 0. The number of nitrogens with zero attached hydrogens (tertiary/aromatic N) is 1. The second-order valence-electron chi connectivity index (χ2n) is 7.59. The number of rotatable bonds is 6. The van der Waals surface area contributed by atoms with Gasteiger partial charge in [-0.2, -0.15) is 0 Å². The summed E-state index contributed by atoms with van der Waals surface area (Å²) in [6, 6.07) is 21.4. The van der Waals surface area contributed by atoms with Gasteiger partial charge in [0.05, 0.1) is 5.69 Å². The summed E-state index contributed by atoms with van der Waals surface area (Å²) in [7, 11) is 0. The van der Waals surface area contributed by atoms with E-state index >= 15 is 0 Å². The molecule has 3 amide bonds. The smallest absolute Gasteiger partial charge is 0.283 e. The third-order valence-corrected chi connectivity index (χ3v) is 5.77. The molecule has 2 N–H and O–H groups in total. The minimum Gasteiger partial charge on any atom is -0.350 e. The summed E-state index contributed by atoms with van der Waals surface area (Å²) in [5.41, 5.74) is 3.87. The van der Waals surface area contributed by atoms with Gasteiger partial charge in [-0.05, 0) is 54.8 Å². The summed E-state index contributed by atoms with van der Waals surface area (Å²) in [4.78, 5) is 39.6. The molecule has 33 heavy (non-hydrogen) atoms. The predicted octanol–water partition coefficient (Wildman–Crippen LogP) is 5.25. The quantitative estimate of drug-likeness (QED) is 0.494. The van der Waals surface area contributed by atoms with Crippen LogP contribution >= 0.6 is 11.6 Å². The topological polar surface area (TPSA) is 78.5 Å². The van der Waals surface area contributed by atoms with Gasteiger partial charge < -0.3 is 10.6 Å². The Hall–Kier alpha value is -3.90. The van der Waals surface area contributed by atoms with Crippen molar-refractivity contribution >= 4 is 46.4 Å². The van der Waals surface area contributed by atoms with Crippen molar-refractivity contribution in [1.82, 2.24) is 0 Å². The Morgan fingerprint density at radius 1 is 0.939 bits per heavy atom. The highest BCUT2D eigenvalue weighted by atomic mass is 35.5. The summed E-state index contributed by atoms with van der Waals surface area (Å²) >= 11 is 6.24. The first-order valence-electron chi connectivity index (χ1n) is 10.5. The zero-order valence-electron chi connectivity index (χ0n) is 18.2. The number of carbonyl (C=O) groups excluding carboxylic acids is 3. The molecule has 166 valence electrons. The molecule has 4 rings (SSSR count). The highest BCUT2D eigenvalue weighted by Gasteiger charge is 2.39. The number of anilines is 3. The van der Waals surface area contributed by atoms with Crippen molar-refractivity contribution in [3.63, 3.8) is 0 Å². The van der Waals surface area contributed by atoms with Crippen LogP contribution in [-0.4, -0.2) is 17.7 Å². The minimum atomic E-state index is -0.594. The van der Waals surface area contributed by atoms with Crippen molar-refractivity contribution < 1.29 is 14.4 Å². The second-order valence-corrected chi connectivity index (χ2v) is 7.97. The zero-order valence-corrected chi connectivity index (χ0v) is 18.9. The molecule has 0 saturated carbocycles. The molecule has 1 heterocycles. The van der Waals surface area contributed by atoms with E-state index in [0.29, 0.717) is 16.9 Å². The first-order chi connectivity index (χ1) is 15.9. The SMILES string of the molecule is CCc1ccccc1NC(=O)c1cccc(NC2=C(Cl)C(=O)N(c3ccccc3C)C2=O)c1. The van der Waals surface area contributed by atoms with Crippen LogP contribution in [0.3, 0.4) is 0 Å². The minimum absolute atomic E-state index is 0.0289. The van der Waals surface area contributed by atoms with Gasteiger partial charge in [0.1, 0.15) is 10.7 Å². The maximum Gasteiger partial charge on any atom is 0.283 e. The molecule has 0 aromatic heterocycles. The molecule has 3 aromatic rings. The fourth-order valence-corrected chi connectivity index (χ4v) is 3.88. The maximum absolute atomic E-state index is 13.0. The number of halogens is 1. The fraction of sp³-hybridized carbons (Fsp3) is 0.115. The van der Waals surface area contributed by atoms with Crippen LogP contribution in [0.15, 0.2) is 83.5 Å². The zero-order chi connectivity index (χ0) is 23.5. The number of hydrogen-bond acceptors (Lipinski definition) is 4. The van der Waals surface area contributed by atoms with Gasteiger partial charge in [-0.15, -0.1) is 0 Å². The normalized spacial score (nSPS) is 13.5. The molecule has 0 bridgehead atoms. The fourth-order valence-electron chi connectivity index (χ4n) is 3.67. The lowest BCUT2D eigenvalue weighted by Crippen LogP contribution is -2.32. The van der Waals surface area contributed by atoms with E-state index in [4.69, 9.17) is 11.6 Å². The van der Waals surface area contributed by atoms with Gasteiger partial charge in [0.2, 0.25) is 0 Å². The summed E-state index contributed by atoms with van der Waals surface area (Å²) in [5.74, 6) is -1.43. The van der Waals surface area contributed by atoms with E-state index in [1.54, 1.807) is 36.4 Å². The standard InChI is InChI=1S/C26H22ClN3O3/c1-3-17-10-5-6-13-20(17)29-24(31)18-11-8-12-19(15-18)28-23-22(27)25(32)30(26(23)33)21-14-7-4-9-16(21)2/h4-15,28H,3H2,1-2H3,(H,29,31). The number of para-hydroxylation sites is 2. The van der Waals surface area contributed by atoms with E-state index in [9.17, 15) is 14.4 Å². The van der Waals surface area contributed by atoms with Gasteiger partial charge in [0.15, 0.2) is 0 Å². The van der Waals surface area contributed by atoms with Gasteiger partial charge >= 0.3 is 0 Å². The highest BCUT2D eigenvalue weighted by molar-refractivity contribution is 6.53. The molecule has 1 aliphatic rings. The molecule has 0 fully saturated rings. The Kier molecular flexibility index (Phi) is 6.29. The van der Waals surface area contributed by atoms with Crippen molar-refractivity contribution in [1.29, 1.82) is 0 Å². The molecule has 3 aromatic carbocycles. The molecule has 7 heteroatoms. The van der Waals surface area contributed by atoms with Gasteiger partial charge in [-0.25, -0.2) is 4.90 Å². The van der Waals surface area contributed by atoms with E-state index in [-0.39, 0.29) is 16.6 Å². The van der Waals surface area contributed by atoms with Gasteiger partial charge in [0.25, 0.3) is 17.7 Å². The van der Waals surface area contributed by atoms with Crippen molar-refractivity contribution in [3.05, 3.63) is 100 Å². The number of amides is 3. The predicted molar refractivity (Wildman–Crippen MR) is 130 cm³/mol. The molecule has 6 nitrogen and oxygen atoms in total. The molecular formula is C26H22ClN3O3. The van der Waals surface area contributed by atoms with E-state index in [2.05, 4.69) is 10.6 Å². The molecule has 0 aliphatic carbocycles. The second kappa shape index (κ2) is 9.30. The van der Waals surface area contributed by atoms with E-state index < -0.39 is 11.8 Å².